The Hall–Kier alpha value is -0.570. The smallest absolute Gasteiger partial charge is 0.0802 e. The van der Waals surface area contributed by atoms with Crippen molar-refractivity contribution in [2.45, 2.75) is 32.3 Å². The van der Waals surface area contributed by atoms with Crippen LogP contribution in [0.15, 0.2) is 24.3 Å². The van der Waals surface area contributed by atoms with Crippen LogP contribution < -0.4 is 0 Å². The van der Waals surface area contributed by atoms with Gasteiger partial charge in [-0.15, -0.1) is 0 Å². The molecule has 0 aliphatic carbocycles. The molecule has 0 spiro atoms. The molecule has 2 unspecified atom stereocenters. The Kier molecular flexibility index (Phi) is 5.04. The van der Waals surface area contributed by atoms with Crippen LogP contribution in [-0.4, -0.2) is 29.6 Å². The van der Waals surface area contributed by atoms with Crippen LogP contribution in [0.2, 0.25) is 5.02 Å². The van der Waals surface area contributed by atoms with Gasteiger partial charge in [0.05, 0.1) is 6.10 Å². The van der Waals surface area contributed by atoms with Crippen LogP contribution in [0, 0.1) is 5.92 Å². The Morgan fingerprint density at radius 2 is 2.11 bits per heavy atom. The third kappa shape index (κ3) is 3.71. The SMILES string of the molecule is CCC1CCN(CCC(O)c2ccc(Cl)cc2)C1. The van der Waals surface area contributed by atoms with Crippen LogP contribution in [0.1, 0.15) is 37.9 Å². The molecule has 0 bridgehead atoms. The van der Waals surface area contributed by atoms with E-state index in [1.807, 2.05) is 24.3 Å². The lowest BCUT2D eigenvalue weighted by Crippen LogP contribution is -2.23. The normalized spacial score (nSPS) is 22.3. The molecule has 18 heavy (non-hydrogen) atoms. The summed E-state index contributed by atoms with van der Waals surface area (Å²) in [6.07, 6.45) is 3.02. The number of halogens is 1. The summed E-state index contributed by atoms with van der Waals surface area (Å²) in [6.45, 7) is 5.63. The summed E-state index contributed by atoms with van der Waals surface area (Å²) in [6, 6.07) is 7.49. The van der Waals surface area contributed by atoms with Gasteiger partial charge in [0.1, 0.15) is 0 Å². The highest BCUT2D eigenvalue weighted by Gasteiger charge is 2.21. The zero-order chi connectivity index (χ0) is 13.0. The minimum atomic E-state index is -0.372. The number of aliphatic hydroxyl groups excluding tert-OH is 1. The third-order valence-electron chi connectivity index (χ3n) is 3.92. The zero-order valence-electron chi connectivity index (χ0n) is 11.0. The van der Waals surface area contributed by atoms with Crippen LogP contribution in [0.25, 0.3) is 0 Å². The summed E-state index contributed by atoms with van der Waals surface area (Å²) in [7, 11) is 0. The summed E-state index contributed by atoms with van der Waals surface area (Å²) in [5, 5.41) is 10.8. The molecule has 2 atom stereocenters. The van der Waals surface area contributed by atoms with Crippen LogP contribution in [0.3, 0.4) is 0 Å². The number of benzene rings is 1. The van der Waals surface area contributed by atoms with E-state index in [0.717, 1.165) is 29.5 Å². The van der Waals surface area contributed by atoms with E-state index < -0.39 is 0 Å². The zero-order valence-corrected chi connectivity index (χ0v) is 11.7. The first kappa shape index (κ1) is 13.9. The second-order valence-corrected chi connectivity index (χ2v) is 5.66. The fourth-order valence-corrected chi connectivity index (χ4v) is 2.73. The third-order valence-corrected chi connectivity index (χ3v) is 4.17. The second-order valence-electron chi connectivity index (χ2n) is 5.22. The molecule has 1 fully saturated rings. The first-order valence-electron chi connectivity index (χ1n) is 6.85. The topological polar surface area (TPSA) is 23.5 Å². The first-order chi connectivity index (χ1) is 8.69. The van der Waals surface area contributed by atoms with Gasteiger partial charge in [0.25, 0.3) is 0 Å². The quantitative estimate of drug-likeness (QED) is 0.883. The molecule has 1 aliphatic heterocycles. The molecule has 100 valence electrons. The Morgan fingerprint density at radius 1 is 1.39 bits per heavy atom. The highest BCUT2D eigenvalue weighted by Crippen LogP contribution is 2.23. The van der Waals surface area contributed by atoms with Crippen molar-refractivity contribution in [3.63, 3.8) is 0 Å². The molecule has 2 rings (SSSR count). The highest BCUT2D eigenvalue weighted by atomic mass is 35.5. The van der Waals surface area contributed by atoms with E-state index in [4.69, 9.17) is 11.6 Å². The van der Waals surface area contributed by atoms with Gasteiger partial charge in [0, 0.05) is 18.1 Å². The maximum Gasteiger partial charge on any atom is 0.0802 e. The maximum atomic E-state index is 10.1. The molecule has 0 radical (unpaired) electrons. The molecule has 1 heterocycles. The summed E-state index contributed by atoms with van der Waals surface area (Å²) in [5.74, 6) is 0.859. The van der Waals surface area contributed by atoms with E-state index in [1.165, 1.54) is 25.9 Å². The number of hydrogen-bond acceptors (Lipinski definition) is 2. The minimum Gasteiger partial charge on any atom is -0.388 e. The number of rotatable bonds is 5. The van der Waals surface area contributed by atoms with Gasteiger partial charge in [-0.3, -0.25) is 0 Å². The van der Waals surface area contributed by atoms with E-state index in [-0.39, 0.29) is 6.10 Å². The van der Waals surface area contributed by atoms with Crippen molar-refractivity contribution in [2.75, 3.05) is 19.6 Å². The lowest BCUT2D eigenvalue weighted by molar-refractivity contribution is 0.148. The monoisotopic (exact) mass is 267 g/mol. The molecular weight excluding hydrogens is 246 g/mol. The van der Waals surface area contributed by atoms with Gasteiger partial charge in [0.2, 0.25) is 0 Å². The molecule has 0 amide bonds. The van der Waals surface area contributed by atoms with Gasteiger partial charge in [-0.1, -0.05) is 37.1 Å². The summed E-state index contributed by atoms with van der Waals surface area (Å²) < 4.78 is 0. The van der Waals surface area contributed by atoms with Crippen molar-refractivity contribution >= 4 is 11.6 Å². The second kappa shape index (κ2) is 6.55. The van der Waals surface area contributed by atoms with Crippen LogP contribution in [0.5, 0.6) is 0 Å². The van der Waals surface area contributed by atoms with Crippen molar-refractivity contribution in [3.8, 4) is 0 Å². The summed E-state index contributed by atoms with van der Waals surface area (Å²) in [5.41, 5.74) is 0.964. The molecular formula is C15H22ClNO. The van der Waals surface area contributed by atoms with E-state index in [0.29, 0.717) is 0 Å². The average Bonchev–Trinajstić information content (AvgIpc) is 2.85. The Bertz CT molecular complexity index is 365. The maximum absolute atomic E-state index is 10.1. The number of likely N-dealkylation sites (tertiary alicyclic amines) is 1. The lowest BCUT2D eigenvalue weighted by Gasteiger charge is -2.18. The van der Waals surface area contributed by atoms with Crippen LogP contribution in [-0.2, 0) is 0 Å². The van der Waals surface area contributed by atoms with Crippen molar-refractivity contribution in [3.05, 3.63) is 34.9 Å². The fourth-order valence-electron chi connectivity index (χ4n) is 2.61. The average molecular weight is 268 g/mol. The molecule has 0 aromatic heterocycles. The Morgan fingerprint density at radius 3 is 2.72 bits per heavy atom. The first-order valence-corrected chi connectivity index (χ1v) is 7.22. The van der Waals surface area contributed by atoms with Crippen molar-refractivity contribution in [1.29, 1.82) is 0 Å². The molecule has 1 N–H and O–H groups in total. The molecule has 1 aromatic rings. The summed E-state index contributed by atoms with van der Waals surface area (Å²) >= 11 is 5.84. The van der Waals surface area contributed by atoms with Crippen molar-refractivity contribution in [1.82, 2.24) is 4.90 Å². The Balaban J connectivity index is 1.78. The van der Waals surface area contributed by atoms with E-state index in [2.05, 4.69) is 11.8 Å². The van der Waals surface area contributed by atoms with Gasteiger partial charge < -0.3 is 10.0 Å². The van der Waals surface area contributed by atoms with E-state index in [1.54, 1.807) is 0 Å². The van der Waals surface area contributed by atoms with E-state index >= 15 is 0 Å². The van der Waals surface area contributed by atoms with Crippen molar-refractivity contribution in [2.24, 2.45) is 5.92 Å². The molecule has 1 aromatic carbocycles. The van der Waals surface area contributed by atoms with Crippen molar-refractivity contribution < 1.29 is 5.11 Å². The van der Waals surface area contributed by atoms with Gasteiger partial charge in [-0.2, -0.15) is 0 Å². The van der Waals surface area contributed by atoms with Gasteiger partial charge in [-0.25, -0.2) is 0 Å². The van der Waals surface area contributed by atoms with Gasteiger partial charge in [-0.05, 0) is 43.0 Å². The lowest BCUT2D eigenvalue weighted by atomic mass is 10.1. The number of aliphatic hydroxyl groups is 1. The minimum absolute atomic E-state index is 0.372. The molecule has 1 aliphatic rings. The number of nitrogens with zero attached hydrogens (tertiary/aromatic N) is 1. The molecule has 0 saturated carbocycles. The number of hydrogen-bond donors (Lipinski definition) is 1. The Labute approximate surface area is 115 Å². The molecule has 2 nitrogen and oxygen atoms in total. The molecule has 1 saturated heterocycles. The fraction of sp³-hybridized carbons (Fsp3) is 0.600. The van der Waals surface area contributed by atoms with Gasteiger partial charge in [0.15, 0.2) is 0 Å². The molecule has 3 heteroatoms. The highest BCUT2D eigenvalue weighted by molar-refractivity contribution is 6.30. The standard InChI is InChI=1S/C15H22ClNO/c1-2-12-7-9-17(11-12)10-8-15(18)13-3-5-14(16)6-4-13/h3-6,12,15,18H,2,7-11H2,1H3. The predicted molar refractivity (Wildman–Crippen MR) is 75.9 cm³/mol. The predicted octanol–water partition coefficient (Wildman–Crippen LogP) is 3.50. The summed E-state index contributed by atoms with van der Waals surface area (Å²) in [4.78, 5) is 2.47. The largest absolute Gasteiger partial charge is 0.388 e. The van der Waals surface area contributed by atoms with Crippen LogP contribution >= 0.6 is 11.6 Å². The van der Waals surface area contributed by atoms with E-state index in [9.17, 15) is 5.11 Å². The van der Waals surface area contributed by atoms with Crippen LogP contribution in [0.4, 0.5) is 0 Å². The van der Waals surface area contributed by atoms with Gasteiger partial charge >= 0.3 is 0 Å².